The van der Waals surface area contributed by atoms with Crippen LogP contribution < -0.4 is 10.5 Å². The second kappa shape index (κ2) is 7.40. The van der Waals surface area contributed by atoms with Gasteiger partial charge in [0.05, 0.1) is 0 Å². The first-order chi connectivity index (χ1) is 10.2. The Kier molecular flexibility index (Phi) is 5.55. The van der Waals surface area contributed by atoms with Crippen molar-refractivity contribution >= 4 is 5.91 Å². The van der Waals surface area contributed by atoms with Crippen LogP contribution in [0.15, 0.2) is 24.3 Å². The zero-order valence-corrected chi connectivity index (χ0v) is 12.5. The van der Waals surface area contributed by atoms with E-state index in [1.165, 1.54) is 0 Å². The number of hydrogen-bond donors (Lipinski definition) is 1. The number of hydrogen-bond acceptors (Lipinski definition) is 5. The van der Waals surface area contributed by atoms with E-state index >= 15 is 0 Å². The van der Waals surface area contributed by atoms with Gasteiger partial charge < -0.3 is 24.8 Å². The van der Waals surface area contributed by atoms with E-state index in [1.807, 2.05) is 24.3 Å². The molecular weight excluding hydrogens is 272 g/mol. The summed E-state index contributed by atoms with van der Waals surface area (Å²) in [7, 11) is 3.25. The highest BCUT2D eigenvalue weighted by atomic mass is 16.5. The molecule has 1 fully saturated rings. The van der Waals surface area contributed by atoms with Crippen LogP contribution in [0.2, 0.25) is 0 Å². The third-order valence-electron chi connectivity index (χ3n) is 3.72. The van der Waals surface area contributed by atoms with Crippen LogP contribution in [0, 0.1) is 0 Å². The number of carbonyl (C=O) groups is 1. The third-order valence-corrected chi connectivity index (χ3v) is 3.72. The molecule has 2 unspecified atom stereocenters. The van der Waals surface area contributed by atoms with Gasteiger partial charge in [0.15, 0.2) is 6.61 Å². The summed E-state index contributed by atoms with van der Waals surface area (Å²) < 4.78 is 16.2. The van der Waals surface area contributed by atoms with Crippen molar-refractivity contribution in [2.75, 3.05) is 33.9 Å². The number of rotatable bonds is 6. The van der Waals surface area contributed by atoms with Gasteiger partial charge in [0.25, 0.3) is 5.91 Å². The number of benzene rings is 1. The number of likely N-dealkylation sites (tertiary alicyclic amines) is 1. The van der Waals surface area contributed by atoms with Crippen molar-refractivity contribution in [1.29, 1.82) is 0 Å². The van der Waals surface area contributed by atoms with Crippen molar-refractivity contribution in [3.63, 3.8) is 0 Å². The molecule has 0 radical (unpaired) electrons. The van der Waals surface area contributed by atoms with Crippen LogP contribution in [0.4, 0.5) is 0 Å². The molecule has 2 atom stereocenters. The summed E-state index contributed by atoms with van der Waals surface area (Å²) in [6.45, 7) is 1.42. The Morgan fingerprint density at radius 1 is 1.24 bits per heavy atom. The van der Waals surface area contributed by atoms with Crippen molar-refractivity contribution < 1.29 is 19.0 Å². The molecule has 0 saturated carbocycles. The molecule has 0 aromatic heterocycles. The highest BCUT2D eigenvalue weighted by molar-refractivity contribution is 5.78. The van der Waals surface area contributed by atoms with E-state index in [4.69, 9.17) is 19.9 Å². The predicted molar refractivity (Wildman–Crippen MR) is 78.0 cm³/mol. The summed E-state index contributed by atoms with van der Waals surface area (Å²) >= 11 is 0. The Labute approximate surface area is 124 Å². The van der Waals surface area contributed by atoms with Crippen LogP contribution in [0.3, 0.4) is 0 Å². The van der Waals surface area contributed by atoms with Crippen molar-refractivity contribution in [2.24, 2.45) is 5.73 Å². The monoisotopic (exact) mass is 294 g/mol. The standard InChI is InChI=1S/C15H22N2O4/c1-19-13-8-17(9-14(13)20-2)15(18)10-21-12-6-4-3-5-11(12)7-16/h3-6,13-14H,7-10,16H2,1-2H3. The van der Waals surface area contributed by atoms with E-state index < -0.39 is 0 Å². The van der Waals surface area contributed by atoms with Crippen molar-refractivity contribution in [1.82, 2.24) is 4.90 Å². The number of nitrogens with zero attached hydrogens (tertiary/aromatic N) is 1. The lowest BCUT2D eigenvalue weighted by molar-refractivity contribution is -0.132. The van der Waals surface area contributed by atoms with Gasteiger partial charge in [0.2, 0.25) is 0 Å². The smallest absolute Gasteiger partial charge is 0.260 e. The quantitative estimate of drug-likeness (QED) is 0.822. The van der Waals surface area contributed by atoms with Gasteiger partial charge in [-0.2, -0.15) is 0 Å². The average molecular weight is 294 g/mol. The Morgan fingerprint density at radius 3 is 2.43 bits per heavy atom. The summed E-state index contributed by atoms with van der Waals surface area (Å²) in [5, 5.41) is 0. The summed E-state index contributed by atoms with van der Waals surface area (Å²) in [6.07, 6.45) is -0.175. The molecule has 1 amide bonds. The normalized spacial score (nSPS) is 21.6. The van der Waals surface area contributed by atoms with Crippen LogP contribution >= 0.6 is 0 Å². The molecule has 1 aliphatic heterocycles. The third kappa shape index (κ3) is 3.72. The van der Waals surface area contributed by atoms with Crippen LogP contribution in [0.1, 0.15) is 5.56 Å². The van der Waals surface area contributed by atoms with E-state index in [-0.39, 0.29) is 24.7 Å². The first-order valence-electron chi connectivity index (χ1n) is 6.93. The van der Waals surface area contributed by atoms with Crippen molar-refractivity contribution in [3.05, 3.63) is 29.8 Å². The summed E-state index contributed by atoms with van der Waals surface area (Å²) in [4.78, 5) is 13.9. The molecule has 6 nitrogen and oxygen atoms in total. The van der Waals surface area contributed by atoms with E-state index in [9.17, 15) is 4.79 Å². The fourth-order valence-corrected chi connectivity index (χ4v) is 2.44. The molecule has 116 valence electrons. The maximum absolute atomic E-state index is 12.2. The maximum atomic E-state index is 12.2. The number of methoxy groups -OCH3 is 2. The Hall–Kier alpha value is -1.63. The van der Waals surface area contributed by atoms with Gasteiger partial charge in [-0.05, 0) is 6.07 Å². The predicted octanol–water partition coefficient (Wildman–Crippen LogP) is 0.396. The molecule has 1 aromatic carbocycles. The van der Waals surface area contributed by atoms with Crippen LogP contribution in [0.5, 0.6) is 5.75 Å². The highest BCUT2D eigenvalue weighted by Crippen LogP contribution is 2.19. The molecular formula is C15H22N2O4. The highest BCUT2D eigenvalue weighted by Gasteiger charge is 2.35. The Balaban J connectivity index is 1.90. The molecule has 1 aliphatic rings. The number of para-hydroxylation sites is 1. The number of carbonyl (C=O) groups excluding carboxylic acids is 1. The van der Waals surface area contributed by atoms with Gasteiger partial charge in [-0.1, -0.05) is 18.2 Å². The molecule has 2 N–H and O–H groups in total. The van der Waals surface area contributed by atoms with Crippen LogP contribution in [-0.4, -0.2) is 56.9 Å². The Morgan fingerprint density at radius 2 is 1.86 bits per heavy atom. The minimum Gasteiger partial charge on any atom is -0.483 e. The SMILES string of the molecule is COC1CN(C(=O)COc2ccccc2CN)CC1OC. The second-order valence-corrected chi connectivity index (χ2v) is 4.95. The topological polar surface area (TPSA) is 74.0 Å². The van der Waals surface area contributed by atoms with Gasteiger partial charge in [0, 0.05) is 39.4 Å². The van der Waals surface area contributed by atoms with Gasteiger partial charge >= 0.3 is 0 Å². The number of ether oxygens (including phenoxy) is 3. The van der Waals surface area contributed by atoms with Crippen molar-refractivity contribution in [3.8, 4) is 5.75 Å². The summed E-state index contributed by atoms with van der Waals surface area (Å²) in [5.41, 5.74) is 6.53. The first kappa shape index (κ1) is 15.8. The minimum atomic E-state index is -0.0877. The molecule has 6 heteroatoms. The second-order valence-electron chi connectivity index (χ2n) is 4.95. The molecule has 1 heterocycles. The minimum absolute atomic E-state index is 0.0100. The molecule has 0 bridgehead atoms. The van der Waals surface area contributed by atoms with Crippen LogP contribution in [-0.2, 0) is 20.8 Å². The van der Waals surface area contributed by atoms with Gasteiger partial charge in [0.1, 0.15) is 18.0 Å². The molecule has 1 saturated heterocycles. The largest absolute Gasteiger partial charge is 0.483 e. The Bertz CT molecular complexity index is 468. The average Bonchev–Trinajstić information content (AvgIpc) is 2.96. The zero-order chi connectivity index (χ0) is 15.2. The number of amides is 1. The summed E-state index contributed by atoms with van der Waals surface area (Å²) in [6, 6.07) is 7.45. The first-order valence-corrected chi connectivity index (χ1v) is 6.93. The lowest BCUT2D eigenvalue weighted by Crippen LogP contribution is -2.34. The van der Waals surface area contributed by atoms with E-state index in [2.05, 4.69) is 0 Å². The van der Waals surface area contributed by atoms with Gasteiger partial charge in [-0.15, -0.1) is 0 Å². The van der Waals surface area contributed by atoms with E-state index in [1.54, 1.807) is 19.1 Å². The summed E-state index contributed by atoms with van der Waals surface area (Å²) in [5.74, 6) is 0.572. The molecule has 0 aliphatic carbocycles. The zero-order valence-electron chi connectivity index (χ0n) is 12.5. The number of nitrogens with two attached hydrogens (primary N) is 1. The lowest BCUT2D eigenvalue weighted by Gasteiger charge is -2.17. The fourth-order valence-electron chi connectivity index (χ4n) is 2.44. The van der Waals surface area contributed by atoms with Gasteiger partial charge in [-0.25, -0.2) is 0 Å². The molecule has 0 spiro atoms. The molecule has 2 rings (SSSR count). The molecule has 1 aromatic rings. The van der Waals surface area contributed by atoms with Crippen molar-refractivity contribution in [2.45, 2.75) is 18.8 Å². The molecule has 21 heavy (non-hydrogen) atoms. The van der Waals surface area contributed by atoms with Crippen LogP contribution in [0.25, 0.3) is 0 Å². The lowest BCUT2D eigenvalue weighted by atomic mass is 10.2. The van der Waals surface area contributed by atoms with Gasteiger partial charge in [-0.3, -0.25) is 4.79 Å². The van der Waals surface area contributed by atoms with E-state index in [0.29, 0.717) is 25.4 Å². The fraction of sp³-hybridized carbons (Fsp3) is 0.533. The van der Waals surface area contributed by atoms with E-state index in [0.717, 1.165) is 5.56 Å². The maximum Gasteiger partial charge on any atom is 0.260 e.